The summed E-state index contributed by atoms with van der Waals surface area (Å²) in [5, 5.41) is 11.1. The maximum absolute atomic E-state index is 12.7. The summed E-state index contributed by atoms with van der Waals surface area (Å²) in [4.78, 5) is 28.0. The van der Waals surface area contributed by atoms with Crippen molar-refractivity contribution in [2.24, 2.45) is 11.7 Å². The second-order valence-corrected chi connectivity index (χ2v) is 7.78. The number of carbonyl (C=O) groups is 2. The lowest BCUT2D eigenvalue weighted by Gasteiger charge is -2.27. The molecule has 0 bridgehead atoms. The number of hydrogen-bond donors (Lipinski definition) is 3. The van der Waals surface area contributed by atoms with Crippen molar-refractivity contribution in [2.45, 2.75) is 44.8 Å². The lowest BCUT2D eigenvalue weighted by atomic mass is 9.86. The number of hydrogen-bond acceptors (Lipinski definition) is 6. The number of rotatable bonds is 4. The third kappa shape index (κ3) is 4.29. The summed E-state index contributed by atoms with van der Waals surface area (Å²) in [6.07, 6.45) is 5.88. The van der Waals surface area contributed by atoms with Crippen molar-refractivity contribution < 1.29 is 14.3 Å². The zero-order valence-electron chi connectivity index (χ0n) is 15.9. The minimum Gasteiger partial charge on any atom is -0.446 e. The van der Waals surface area contributed by atoms with Crippen molar-refractivity contribution in [3.63, 3.8) is 0 Å². The molecule has 0 spiro atoms. The molecule has 154 valence electrons. The monoisotopic (exact) mass is 418 g/mol. The molecular weight excluding hydrogens is 396 g/mol. The Balaban J connectivity index is 1.50. The van der Waals surface area contributed by atoms with Crippen LogP contribution in [0.15, 0.2) is 18.5 Å². The minimum atomic E-state index is -0.807. The van der Waals surface area contributed by atoms with Gasteiger partial charge in [-0.1, -0.05) is 11.6 Å². The zero-order valence-corrected chi connectivity index (χ0v) is 16.6. The number of carbonyl (C=O) groups excluding carboxylic acids is 2. The molecule has 1 saturated carbocycles. The Morgan fingerprint density at radius 3 is 2.97 bits per heavy atom. The molecule has 1 fully saturated rings. The predicted octanol–water partition coefficient (Wildman–Crippen LogP) is 3.01. The van der Waals surface area contributed by atoms with Gasteiger partial charge in [-0.15, -0.1) is 0 Å². The molecule has 4 N–H and O–H groups in total. The first kappa shape index (κ1) is 19.5. The highest BCUT2D eigenvalue weighted by atomic mass is 35.5. The lowest BCUT2D eigenvalue weighted by Crippen LogP contribution is -2.33. The van der Waals surface area contributed by atoms with Gasteiger partial charge in [-0.25, -0.2) is 14.5 Å². The van der Waals surface area contributed by atoms with Crippen molar-refractivity contribution in [1.82, 2.24) is 14.8 Å². The first-order valence-electron chi connectivity index (χ1n) is 9.74. The number of primary amides is 1. The van der Waals surface area contributed by atoms with Crippen LogP contribution < -0.4 is 16.4 Å². The minimum absolute atomic E-state index is 0.154. The van der Waals surface area contributed by atoms with Crippen molar-refractivity contribution in [1.29, 1.82) is 0 Å². The molecule has 0 saturated heterocycles. The fraction of sp³-hybridized carbons (Fsp3) is 0.474. The molecule has 0 radical (unpaired) electrons. The standard InChI is InChI=1S/C19H23ClN6O3/c20-15-10-23-16(8-13(15)14-9-24-26-6-2-5-22-17(14)26)25-18(27)11-3-1-4-12(7-11)29-19(21)28/h8-12,22H,1-7H2,(H2,21,28)(H,23,25,27)/t11-,12+/m0/s1. The van der Waals surface area contributed by atoms with Crippen LogP contribution >= 0.6 is 11.6 Å². The number of ether oxygens (including phenoxy) is 1. The van der Waals surface area contributed by atoms with E-state index in [1.54, 1.807) is 12.3 Å². The number of halogens is 1. The summed E-state index contributed by atoms with van der Waals surface area (Å²) in [5.74, 6) is 0.918. The van der Waals surface area contributed by atoms with Gasteiger partial charge < -0.3 is 21.1 Å². The van der Waals surface area contributed by atoms with Crippen LogP contribution in [0.3, 0.4) is 0 Å². The molecule has 1 aliphatic heterocycles. The second-order valence-electron chi connectivity index (χ2n) is 7.37. The summed E-state index contributed by atoms with van der Waals surface area (Å²) >= 11 is 6.38. The van der Waals surface area contributed by atoms with Gasteiger partial charge in [0.2, 0.25) is 5.91 Å². The van der Waals surface area contributed by atoms with E-state index in [4.69, 9.17) is 22.1 Å². The van der Waals surface area contributed by atoms with Gasteiger partial charge >= 0.3 is 6.09 Å². The van der Waals surface area contributed by atoms with E-state index in [2.05, 4.69) is 20.7 Å². The van der Waals surface area contributed by atoms with Crippen molar-refractivity contribution in [3.8, 4) is 11.1 Å². The van der Waals surface area contributed by atoms with Crippen LogP contribution in [0.5, 0.6) is 0 Å². The van der Waals surface area contributed by atoms with Crippen molar-refractivity contribution in [3.05, 3.63) is 23.5 Å². The molecule has 10 heteroatoms. The van der Waals surface area contributed by atoms with E-state index in [-0.39, 0.29) is 17.9 Å². The molecule has 29 heavy (non-hydrogen) atoms. The number of aromatic nitrogens is 3. The van der Waals surface area contributed by atoms with E-state index in [0.717, 1.165) is 55.7 Å². The van der Waals surface area contributed by atoms with Gasteiger partial charge in [0.15, 0.2) is 0 Å². The molecule has 2 aliphatic rings. The smallest absolute Gasteiger partial charge is 0.404 e. The summed E-state index contributed by atoms with van der Waals surface area (Å²) in [6, 6.07) is 1.76. The van der Waals surface area contributed by atoms with E-state index >= 15 is 0 Å². The number of pyridine rings is 1. The molecule has 2 atom stereocenters. The Kier molecular flexibility index (Phi) is 5.57. The van der Waals surface area contributed by atoms with E-state index in [1.165, 1.54) is 6.20 Å². The highest BCUT2D eigenvalue weighted by Crippen LogP contribution is 2.36. The van der Waals surface area contributed by atoms with Crippen LogP contribution in [0.4, 0.5) is 16.4 Å². The van der Waals surface area contributed by atoms with Crippen LogP contribution in [0, 0.1) is 5.92 Å². The zero-order chi connectivity index (χ0) is 20.4. The molecule has 0 aromatic carbocycles. The topological polar surface area (TPSA) is 124 Å². The molecule has 1 aliphatic carbocycles. The largest absolute Gasteiger partial charge is 0.446 e. The van der Waals surface area contributed by atoms with Crippen LogP contribution in [0.2, 0.25) is 5.02 Å². The Hall–Kier alpha value is -2.81. The Bertz CT molecular complexity index is 931. The highest BCUT2D eigenvalue weighted by molar-refractivity contribution is 6.33. The third-order valence-corrected chi connectivity index (χ3v) is 5.66. The number of fused-ring (bicyclic) bond motifs is 1. The van der Waals surface area contributed by atoms with Crippen LogP contribution in [0.1, 0.15) is 32.1 Å². The van der Waals surface area contributed by atoms with Gasteiger partial charge in [0.1, 0.15) is 17.7 Å². The van der Waals surface area contributed by atoms with E-state index in [9.17, 15) is 9.59 Å². The van der Waals surface area contributed by atoms with Gasteiger partial charge in [-0.3, -0.25) is 4.79 Å². The number of nitrogens with one attached hydrogen (secondary N) is 2. The molecule has 0 unspecified atom stereocenters. The predicted molar refractivity (Wildman–Crippen MR) is 109 cm³/mol. The first-order chi connectivity index (χ1) is 14.0. The average Bonchev–Trinajstić information content (AvgIpc) is 3.13. The van der Waals surface area contributed by atoms with Gasteiger partial charge in [0.25, 0.3) is 0 Å². The SMILES string of the molecule is NC(=O)O[C@@H]1CCC[C@H](C(=O)Nc2cc(-c3cnn4c3NCCC4)c(Cl)cn2)C1. The van der Waals surface area contributed by atoms with Gasteiger partial charge in [0.05, 0.1) is 11.2 Å². The van der Waals surface area contributed by atoms with Crippen molar-refractivity contribution in [2.75, 3.05) is 17.2 Å². The molecule has 2 aromatic rings. The van der Waals surface area contributed by atoms with E-state index in [1.807, 2.05) is 4.68 Å². The van der Waals surface area contributed by atoms with E-state index in [0.29, 0.717) is 17.3 Å². The summed E-state index contributed by atoms with van der Waals surface area (Å²) < 4.78 is 6.98. The molecule has 2 aromatic heterocycles. The maximum atomic E-state index is 12.7. The maximum Gasteiger partial charge on any atom is 0.404 e. The number of amides is 2. The molecule has 3 heterocycles. The molecule has 4 rings (SSSR count). The van der Waals surface area contributed by atoms with E-state index < -0.39 is 6.09 Å². The lowest BCUT2D eigenvalue weighted by molar-refractivity contribution is -0.122. The third-order valence-electron chi connectivity index (χ3n) is 5.36. The average molecular weight is 419 g/mol. The molecular formula is C19H23ClN6O3. The van der Waals surface area contributed by atoms with Crippen LogP contribution in [0.25, 0.3) is 11.1 Å². The van der Waals surface area contributed by atoms with Crippen LogP contribution in [-0.2, 0) is 16.1 Å². The molecule has 2 amide bonds. The quantitative estimate of drug-likeness (QED) is 0.701. The van der Waals surface area contributed by atoms with Crippen molar-refractivity contribution >= 4 is 35.2 Å². The number of anilines is 2. The fourth-order valence-electron chi connectivity index (χ4n) is 3.97. The summed E-state index contributed by atoms with van der Waals surface area (Å²) in [6.45, 7) is 1.73. The van der Waals surface area contributed by atoms with Gasteiger partial charge in [-0.2, -0.15) is 5.10 Å². The summed E-state index contributed by atoms with van der Waals surface area (Å²) in [7, 11) is 0. The first-order valence-corrected chi connectivity index (χ1v) is 10.1. The number of nitrogens with zero attached hydrogens (tertiary/aromatic N) is 3. The van der Waals surface area contributed by atoms with Crippen LogP contribution in [-0.4, -0.2) is 39.4 Å². The van der Waals surface area contributed by atoms with Gasteiger partial charge in [0, 0.05) is 36.3 Å². The highest BCUT2D eigenvalue weighted by Gasteiger charge is 2.29. The Morgan fingerprint density at radius 1 is 1.28 bits per heavy atom. The number of aryl methyl sites for hydroxylation is 1. The Morgan fingerprint density at radius 2 is 2.14 bits per heavy atom. The second kappa shape index (κ2) is 8.28. The Labute approximate surface area is 172 Å². The van der Waals surface area contributed by atoms with Gasteiger partial charge in [-0.05, 0) is 38.2 Å². The normalized spacial score (nSPS) is 21.0. The summed E-state index contributed by atoms with van der Waals surface area (Å²) in [5.41, 5.74) is 6.73. The fourth-order valence-corrected chi connectivity index (χ4v) is 4.18. The number of nitrogens with two attached hydrogens (primary N) is 1. The molecule has 9 nitrogen and oxygen atoms in total.